The standard InChI is InChI=1S/C17H17F2N3O2/c18-13-6-7-14(19)15(10-13)22-17(24)21-11-16(23)20-9-8-12-4-2-1-3-5-12/h1-7,10H,8-9,11H2,(H,20,23)(H2,21,22,24). The zero-order chi connectivity index (χ0) is 17.4. The van der Waals surface area contributed by atoms with Crippen molar-refractivity contribution in [2.24, 2.45) is 0 Å². The molecule has 0 aliphatic heterocycles. The molecule has 0 spiro atoms. The van der Waals surface area contributed by atoms with Crippen LogP contribution in [0.25, 0.3) is 0 Å². The highest BCUT2D eigenvalue weighted by atomic mass is 19.1. The van der Waals surface area contributed by atoms with E-state index in [1.807, 2.05) is 30.3 Å². The van der Waals surface area contributed by atoms with Crippen LogP contribution in [0.3, 0.4) is 0 Å². The number of nitrogens with one attached hydrogen (secondary N) is 3. The summed E-state index contributed by atoms with van der Waals surface area (Å²) in [6, 6.07) is 11.5. The van der Waals surface area contributed by atoms with Crippen molar-refractivity contribution in [1.82, 2.24) is 10.6 Å². The lowest BCUT2D eigenvalue weighted by atomic mass is 10.1. The molecule has 0 aliphatic carbocycles. The average Bonchev–Trinajstić information content (AvgIpc) is 2.57. The largest absolute Gasteiger partial charge is 0.354 e. The summed E-state index contributed by atoms with van der Waals surface area (Å²) in [7, 11) is 0. The van der Waals surface area contributed by atoms with Gasteiger partial charge in [0.1, 0.15) is 11.6 Å². The maximum atomic E-state index is 13.4. The predicted molar refractivity (Wildman–Crippen MR) is 86.5 cm³/mol. The zero-order valence-corrected chi connectivity index (χ0v) is 12.8. The summed E-state index contributed by atoms with van der Waals surface area (Å²) in [4.78, 5) is 23.2. The van der Waals surface area contributed by atoms with E-state index in [2.05, 4.69) is 16.0 Å². The molecule has 5 nitrogen and oxygen atoms in total. The Bertz CT molecular complexity index is 708. The van der Waals surface area contributed by atoms with Gasteiger partial charge in [-0.25, -0.2) is 13.6 Å². The quantitative estimate of drug-likeness (QED) is 0.760. The molecule has 0 saturated heterocycles. The van der Waals surface area contributed by atoms with Crippen LogP contribution in [0, 0.1) is 11.6 Å². The zero-order valence-electron chi connectivity index (χ0n) is 12.8. The lowest BCUT2D eigenvalue weighted by Crippen LogP contribution is -2.39. The molecule has 3 amide bonds. The van der Waals surface area contributed by atoms with Gasteiger partial charge < -0.3 is 16.0 Å². The van der Waals surface area contributed by atoms with Crippen LogP contribution in [0.1, 0.15) is 5.56 Å². The fraction of sp³-hybridized carbons (Fsp3) is 0.176. The highest BCUT2D eigenvalue weighted by Crippen LogP contribution is 2.14. The number of carbonyl (C=O) groups excluding carboxylic acids is 2. The molecule has 0 aliphatic rings. The van der Waals surface area contributed by atoms with Gasteiger partial charge in [0, 0.05) is 12.6 Å². The second-order valence-corrected chi connectivity index (χ2v) is 5.02. The number of carbonyl (C=O) groups is 2. The summed E-state index contributed by atoms with van der Waals surface area (Å²) >= 11 is 0. The second kappa shape index (κ2) is 8.61. The summed E-state index contributed by atoms with van der Waals surface area (Å²) < 4.78 is 26.4. The van der Waals surface area contributed by atoms with Gasteiger partial charge in [0.05, 0.1) is 12.2 Å². The molecule has 3 N–H and O–H groups in total. The molecule has 0 unspecified atom stereocenters. The molecule has 2 aromatic rings. The third-order valence-electron chi connectivity index (χ3n) is 3.16. The Kier molecular flexibility index (Phi) is 6.24. The summed E-state index contributed by atoms with van der Waals surface area (Å²) in [5.41, 5.74) is 0.794. The number of amides is 3. The second-order valence-electron chi connectivity index (χ2n) is 5.02. The first-order valence-corrected chi connectivity index (χ1v) is 7.35. The van der Waals surface area contributed by atoms with E-state index in [-0.39, 0.29) is 18.1 Å². The molecule has 0 radical (unpaired) electrons. The third-order valence-corrected chi connectivity index (χ3v) is 3.16. The summed E-state index contributed by atoms with van der Waals surface area (Å²) in [5, 5.41) is 7.07. The molecule has 126 valence electrons. The third kappa shape index (κ3) is 5.68. The average molecular weight is 333 g/mol. The van der Waals surface area contributed by atoms with E-state index in [4.69, 9.17) is 0 Å². The van der Waals surface area contributed by atoms with Crippen molar-refractivity contribution in [3.8, 4) is 0 Å². The molecular formula is C17H17F2N3O2. The van der Waals surface area contributed by atoms with Crippen LogP contribution in [-0.4, -0.2) is 25.0 Å². The first-order valence-electron chi connectivity index (χ1n) is 7.35. The lowest BCUT2D eigenvalue weighted by molar-refractivity contribution is -0.120. The minimum absolute atomic E-state index is 0.266. The fourth-order valence-electron chi connectivity index (χ4n) is 1.97. The van der Waals surface area contributed by atoms with Crippen LogP contribution in [0.15, 0.2) is 48.5 Å². The van der Waals surface area contributed by atoms with Crippen LogP contribution >= 0.6 is 0 Å². The van der Waals surface area contributed by atoms with Crippen molar-refractivity contribution in [2.75, 3.05) is 18.4 Å². The first kappa shape index (κ1) is 17.4. The van der Waals surface area contributed by atoms with Gasteiger partial charge in [-0.3, -0.25) is 4.79 Å². The smallest absolute Gasteiger partial charge is 0.319 e. The molecule has 7 heteroatoms. The molecule has 0 saturated carbocycles. The summed E-state index contributed by atoms with van der Waals surface area (Å²) in [5.74, 6) is -1.81. The van der Waals surface area contributed by atoms with Gasteiger partial charge in [0.15, 0.2) is 0 Å². The number of rotatable bonds is 6. The van der Waals surface area contributed by atoms with Gasteiger partial charge in [-0.1, -0.05) is 30.3 Å². The minimum atomic E-state index is -0.794. The number of benzene rings is 2. The van der Waals surface area contributed by atoms with Crippen LogP contribution in [0.2, 0.25) is 0 Å². The van der Waals surface area contributed by atoms with E-state index in [0.717, 1.165) is 23.8 Å². The molecule has 0 heterocycles. The number of urea groups is 1. The van der Waals surface area contributed by atoms with E-state index in [0.29, 0.717) is 13.0 Å². The molecule has 0 atom stereocenters. The monoisotopic (exact) mass is 333 g/mol. The summed E-state index contributed by atoms with van der Waals surface area (Å²) in [6.45, 7) is 0.169. The van der Waals surface area contributed by atoms with Crippen LogP contribution < -0.4 is 16.0 Å². The van der Waals surface area contributed by atoms with E-state index in [1.165, 1.54) is 0 Å². The lowest BCUT2D eigenvalue weighted by Gasteiger charge is -2.09. The van der Waals surface area contributed by atoms with Gasteiger partial charge in [0.2, 0.25) is 5.91 Å². The van der Waals surface area contributed by atoms with Gasteiger partial charge in [0.25, 0.3) is 0 Å². The van der Waals surface area contributed by atoms with E-state index >= 15 is 0 Å². The normalized spacial score (nSPS) is 10.1. The highest BCUT2D eigenvalue weighted by molar-refractivity contribution is 5.92. The fourth-order valence-corrected chi connectivity index (χ4v) is 1.97. The van der Waals surface area contributed by atoms with Gasteiger partial charge in [-0.15, -0.1) is 0 Å². The van der Waals surface area contributed by atoms with Crippen molar-refractivity contribution < 1.29 is 18.4 Å². The van der Waals surface area contributed by atoms with Crippen LogP contribution in [-0.2, 0) is 11.2 Å². The van der Waals surface area contributed by atoms with Gasteiger partial charge >= 0.3 is 6.03 Å². The topological polar surface area (TPSA) is 70.2 Å². The minimum Gasteiger partial charge on any atom is -0.354 e. The molecule has 24 heavy (non-hydrogen) atoms. The van der Waals surface area contributed by atoms with Crippen molar-refractivity contribution >= 4 is 17.6 Å². The summed E-state index contributed by atoms with van der Waals surface area (Å²) in [6.07, 6.45) is 0.674. The van der Waals surface area contributed by atoms with Crippen molar-refractivity contribution in [3.05, 3.63) is 65.7 Å². The Morgan fingerprint density at radius 2 is 1.71 bits per heavy atom. The van der Waals surface area contributed by atoms with Crippen LogP contribution in [0.5, 0.6) is 0 Å². The van der Waals surface area contributed by atoms with E-state index in [9.17, 15) is 18.4 Å². The Morgan fingerprint density at radius 3 is 2.46 bits per heavy atom. The Morgan fingerprint density at radius 1 is 0.958 bits per heavy atom. The molecule has 0 aromatic heterocycles. The predicted octanol–water partition coefficient (Wildman–Crippen LogP) is 2.45. The molecule has 0 bridgehead atoms. The van der Waals surface area contributed by atoms with Crippen molar-refractivity contribution in [1.29, 1.82) is 0 Å². The molecule has 0 fully saturated rings. The van der Waals surface area contributed by atoms with Gasteiger partial charge in [-0.2, -0.15) is 0 Å². The number of halogens is 2. The molecular weight excluding hydrogens is 316 g/mol. The first-order chi connectivity index (χ1) is 11.5. The van der Waals surface area contributed by atoms with Crippen molar-refractivity contribution in [3.63, 3.8) is 0 Å². The van der Waals surface area contributed by atoms with Crippen LogP contribution in [0.4, 0.5) is 19.3 Å². The van der Waals surface area contributed by atoms with E-state index in [1.54, 1.807) is 0 Å². The SMILES string of the molecule is O=C(CNC(=O)Nc1cc(F)ccc1F)NCCc1ccccc1. The van der Waals surface area contributed by atoms with E-state index < -0.39 is 17.7 Å². The van der Waals surface area contributed by atoms with Gasteiger partial charge in [-0.05, 0) is 24.1 Å². The Hall–Kier alpha value is -2.96. The maximum absolute atomic E-state index is 13.4. The number of hydrogen-bond acceptors (Lipinski definition) is 2. The van der Waals surface area contributed by atoms with Crippen molar-refractivity contribution in [2.45, 2.75) is 6.42 Å². The highest BCUT2D eigenvalue weighted by Gasteiger charge is 2.09. The maximum Gasteiger partial charge on any atom is 0.319 e. The number of hydrogen-bond donors (Lipinski definition) is 3. The molecule has 2 aromatic carbocycles. The Labute approximate surface area is 138 Å². The number of anilines is 1. The Balaban J connectivity index is 1.69. The molecule has 2 rings (SSSR count).